The van der Waals surface area contributed by atoms with Crippen molar-refractivity contribution >= 4 is 9.84 Å². The second-order valence-electron chi connectivity index (χ2n) is 12.2. The minimum Gasteiger partial charge on any atom is -0.487 e. The highest BCUT2D eigenvalue weighted by molar-refractivity contribution is 7.90. The van der Waals surface area contributed by atoms with Crippen LogP contribution in [0.3, 0.4) is 0 Å². The van der Waals surface area contributed by atoms with Crippen molar-refractivity contribution in [3.63, 3.8) is 0 Å². The Bertz CT molecular complexity index is 1870. The number of hydrogen-bond donors (Lipinski definition) is 0. The summed E-state index contributed by atoms with van der Waals surface area (Å²) in [7, 11) is -3.70. The van der Waals surface area contributed by atoms with Crippen molar-refractivity contribution < 1.29 is 32.1 Å². The van der Waals surface area contributed by atoms with E-state index in [1.807, 2.05) is 140 Å². The van der Waals surface area contributed by atoms with Gasteiger partial charge in [-0.2, -0.15) is 0 Å². The van der Waals surface area contributed by atoms with Gasteiger partial charge in [0.15, 0.2) is 27.5 Å². The van der Waals surface area contributed by atoms with Crippen molar-refractivity contribution in [2.24, 2.45) is 0 Å². The lowest BCUT2D eigenvalue weighted by Crippen LogP contribution is -2.50. The first-order valence-electron chi connectivity index (χ1n) is 16.8. The van der Waals surface area contributed by atoms with Gasteiger partial charge in [-0.05, 0) is 27.8 Å². The third-order valence-electron chi connectivity index (χ3n) is 8.26. The van der Waals surface area contributed by atoms with Crippen molar-refractivity contribution in [2.75, 3.05) is 12.4 Å². The van der Waals surface area contributed by atoms with Crippen LogP contribution >= 0.6 is 0 Å². The van der Waals surface area contributed by atoms with Crippen molar-refractivity contribution in [3.05, 3.63) is 191 Å². The molecule has 0 aromatic heterocycles. The van der Waals surface area contributed by atoms with Crippen LogP contribution in [0.15, 0.2) is 163 Å². The molecular weight excluding hydrogens is 649 g/mol. The van der Waals surface area contributed by atoms with Gasteiger partial charge in [-0.15, -0.1) is 0 Å². The van der Waals surface area contributed by atoms with Gasteiger partial charge < -0.3 is 23.7 Å². The molecule has 258 valence electrons. The SMILES string of the molecule is O=S(=O)(CC1=C(OCc2ccccc2)[C@@H](OCc2ccccc2)[C@H](OCc2ccccc2)[C@@H](COCc2ccccc2)O1)Cc1ccccc1. The summed E-state index contributed by atoms with van der Waals surface area (Å²) in [5.74, 6) is -0.0232. The molecular formula is C42H42O7S. The third-order valence-corrected chi connectivity index (χ3v) is 9.74. The lowest BCUT2D eigenvalue weighted by Gasteiger charge is -2.40. The fourth-order valence-corrected chi connectivity index (χ4v) is 7.19. The summed E-state index contributed by atoms with van der Waals surface area (Å²) < 4.78 is 60.3. The number of sulfone groups is 1. The molecule has 1 aliphatic heterocycles. The van der Waals surface area contributed by atoms with E-state index in [0.29, 0.717) is 17.9 Å². The maximum Gasteiger partial charge on any atom is 0.167 e. The highest BCUT2D eigenvalue weighted by atomic mass is 32.2. The van der Waals surface area contributed by atoms with Crippen LogP contribution in [-0.4, -0.2) is 39.1 Å². The molecule has 0 saturated heterocycles. The normalized spacial score (nSPS) is 17.6. The van der Waals surface area contributed by atoms with E-state index < -0.39 is 28.1 Å². The molecule has 0 amide bonds. The first kappa shape index (κ1) is 35.1. The Hall–Kier alpha value is -4.73. The predicted octanol–water partition coefficient (Wildman–Crippen LogP) is 7.82. The van der Waals surface area contributed by atoms with Crippen LogP contribution in [0.5, 0.6) is 0 Å². The minimum absolute atomic E-state index is 0.133. The lowest BCUT2D eigenvalue weighted by molar-refractivity contribution is -0.173. The summed E-state index contributed by atoms with van der Waals surface area (Å²) in [4.78, 5) is 0. The average Bonchev–Trinajstić information content (AvgIpc) is 3.15. The summed E-state index contributed by atoms with van der Waals surface area (Å²) >= 11 is 0. The first-order valence-corrected chi connectivity index (χ1v) is 18.6. The van der Waals surface area contributed by atoms with Crippen molar-refractivity contribution in [1.82, 2.24) is 0 Å². The Morgan fingerprint density at radius 1 is 0.500 bits per heavy atom. The fourth-order valence-electron chi connectivity index (χ4n) is 5.78. The van der Waals surface area contributed by atoms with E-state index in [1.165, 1.54) is 0 Å². The van der Waals surface area contributed by atoms with E-state index in [-0.39, 0.29) is 43.7 Å². The van der Waals surface area contributed by atoms with Crippen LogP contribution in [0.4, 0.5) is 0 Å². The smallest absolute Gasteiger partial charge is 0.167 e. The van der Waals surface area contributed by atoms with Crippen molar-refractivity contribution in [1.29, 1.82) is 0 Å². The van der Waals surface area contributed by atoms with E-state index in [4.69, 9.17) is 23.7 Å². The van der Waals surface area contributed by atoms with Gasteiger partial charge in [0.05, 0.1) is 32.2 Å². The molecule has 0 radical (unpaired) electrons. The molecule has 5 aromatic carbocycles. The molecule has 0 saturated carbocycles. The average molecular weight is 691 g/mol. The molecule has 3 atom stereocenters. The summed E-state index contributed by atoms with van der Waals surface area (Å²) in [5.41, 5.74) is 4.56. The van der Waals surface area contributed by atoms with Gasteiger partial charge in [0.1, 0.15) is 24.6 Å². The molecule has 0 aliphatic carbocycles. The second kappa shape index (κ2) is 17.8. The van der Waals surface area contributed by atoms with Gasteiger partial charge in [0.25, 0.3) is 0 Å². The topological polar surface area (TPSA) is 80.3 Å². The summed E-state index contributed by atoms with van der Waals surface area (Å²) in [5, 5.41) is 0. The zero-order valence-corrected chi connectivity index (χ0v) is 28.7. The predicted molar refractivity (Wildman–Crippen MR) is 193 cm³/mol. The molecule has 50 heavy (non-hydrogen) atoms. The van der Waals surface area contributed by atoms with Crippen LogP contribution < -0.4 is 0 Å². The molecule has 1 heterocycles. The van der Waals surface area contributed by atoms with Crippen LogP contribution in [0.25, 0.3) is 0 Å². The molecule has 0 spiro atoms. The van der Waals surface area contributed by atoms with Crippen LogP contribution in [-0.2, 0) is 65.7 Å². The van der Waals surface area contributed by atoms with Gasteiger partial charge in [0.2, 0.25) is 0 Å². The van der Waals surface area contributed by atoms with Gasteiger partial charge >= 0.3 is 0 Å². The van der Waals surface area contributed by atoms with Crippen molar-refractivity contribution in [3.8, 4) is 0 Å². The Morgan fingerprint density at radius 2 is 0.940 bits per heavy atom. The maximum absolute atomic E-state index is 13.8. The van der Waals surface area contributed by atoms with E-state index >= 15 is 0 Å². The van der Waals surface area contributed by atoms with Gasteiger partial charge in [0, 0.05) is 0 Å². The Kier molecular flexibility index (Phi) is 12.5. The molecule has 0 bridgehead atoms. The number of rotatable bonds is 17. The summed E-state index contributed by atoms with van der Waals surface area (Å²) in [6, 6.07) is 48.4. The molecule has 0 N–H and O–H groups in total. The zero-order valence-electron chi connectivity index (χ0n) is 27.9. The monoisotopic (exact) mass is 690 g/mol. The minimum atomic E-state index is -3.70. The maximum atomic E-state index is 13.8. The quantitative estimate of drug-likeness (QED) is 0.0985. The Balaban J connectivity index is 1.36. The number of benzene rings is 5. The lowest BCUT2D eigenvalue weighted by atomic mass is 10.0. The van der Waals surface area contributed by atoms with E-state index in [1.54, 1.807) is 12.1 Å². The Morgan fingerprint density at radius 3 is 1.46 bits per heavy atom. The number of ether oxygens (including phenoxy) is 5. The van der Waals surface area contributed by atoms with E-state index in [2.05, 4.69) is 0 Å². The molecule has 7 nitrogen and oxygen atoms in total. The second-order valence-corrected chi connectivity index (χ2v) is 14.3. The molecule has 0 fully saturated rings. The van der Waals surface area contributed by atoms with Crippen LogP contribution in [0.2, 0.25) is 0 Å². The van der Waals surface area contributed by atoms with Gasteiger partial charge in [-0.25, -0.2) is 8.42 Å². The molecule has 0 unspecified atom stereocenters. The molecule has 5 aromatic rings. The summed E-state index contributed by atoms with van der Waals surface area (Å²) in [6.45, 7) is 1.20. The first-order chi connectivity index (χ1) is 24.5. The zero-order chi connectivity index (χ0) is 34.4. The van der Waals surface area contributed by atoms with E-state index in [0.717, 1.165) is 22.3 Å². The third kappa shape index (κ3) is 10.4. The fraction of sp³-hybridized carbons (Fsp3) is 0.238. The standard InChI is InChI=1S/C42H42O7S/c43-50(44,31-37-24-14-5-15-25-37)32-39-41(47-28-35-20-10-3-11-21-35)42(48-29-36-22-12-4-13-23-36)40(46-27-34-18-8-2-9-19-34)38(49-39)30-45-26-33-16-6-1-7-17-33/h1-25,38,40,42H,26-32H2/t38-,40-,42+/m1/s1. The molecule has 1 aliphatic rings. The highest BCUT2D eigenvalue weighted by Crippen LogP contribution is 2.34. The molecule has 8 heteroatoms. The Labute approximate surface area is 295 Å². The summed E-state index contributed by atoms with van der Waals surface area (Å²) in [6.07, 6.45) is -2.20. The van der Waals surface area contributed by atoms with Gasteiger partial charge in [-0.3, -0.25) is 0 Å². The number of hydrogen-bond acceptors (Lipinski definition) is 7. The van der Waals surface area contributed by atoms with Crippen molar-refractivity contribution in [2.45, 2.75) is 50.5 Å². The van der Waals surface area contributed by atoms with Crippen LogP contribution in [0.1, 0.15) is 27.8 Å². The van der Waals surface area contributed by atoms with E-state index in [9.17, 15) is 8.42 Å². The highest BCUT2D eigenvalue weighted by Gasteiger charge is 2.44. The largest absolute Gasteiger partial charge is 0.487 e. The van der Waals surface area contributed by atoms with Gasteiger partial charge in [-0.1, -0.05) is 152 Å². The molecule has 6 rings (SSSR count). The van der Waals surface area contributed by atoms with Crippen LogP contribution in [0, 0.1) is 0 Å².